The number of hydrogen-bond donors (Lipinski definition) is 1. The molecule has 0 bridgehead atoms. The van der Waals surface area contributed by atoms with Gasteiger partial charge in [-0.2, -0.15) is 0 Å². The van der Waals surface area contributed by atoms with Crippen LogP contribution in [0.3, 0.4) is 0 Å². The van der Waals surface area contributed by atoms with Gasteiger partial charge in [-0.05, 0) is 30.5 Å². The van der Waals surface area contributed by atoms with Gasteiger partial charge in [-0.15, -0.1) is 0 Å². The summed E-state index contributed by atoms with van der Waals surface area (Å²) in [6.07, 6.45) is 5.92. The number of nitrogens with zero attached hydrogens (tertiary/aromatic N) is 2. The van der Waals surface area contributed by atoms with E-state index in [0.717, 1.165) is 31.2 Å². The predicted molar refractivity (Wildman–Crippen MR) is 78.8 cm³/mol. The molecule has 3 nitrogen and oxygen atoms in total. The largest absolute Gasteiger partial charge is 0.329 e. The van der Waals surface area contributed by atoms with Crippen LogP contribution < -0.4 is 5.73 Å². The first-order valence-electron chi connectivity index (χ1n) is 7.15. The van der Waals surface area contributed by atoms with Gasteiger partial charge in [0.05, 0.1) is 5.52 Å². The highest BCUT2D eigenvalue weighted by molar-refractivity contribution is 5.81. The third-order valence-electron chi connectivity index (χ3n) is 4.12. The lowest BCUT2D eigenvalue weighted by Gasteiger charge is -2.37. The Labute approximate surface area is 114 Å². The fraction of sp³-hybridized carbons (Fsp3) is 0.438. The molecule has 100 valence electrons. The number of rotatable bonds is 5. The van der Waals surface area contributed by atoms with Crippen LogP contribution in [0.25, 0.3) is 10.9 Å². The maximum Gasteiger partial charge on any atom is 0.0705 e. The van der Waals surface area contributed by atoms with E-state index in [4.69, 9.17) is 5.73 Å². The van der Waals surface area contributed by atoms with Crippen molar-refractivity contribution in [1.82, 2.24) is 9.88 Å². The van der Waals surface area contributed by atoms with E-state index in [1.54, 1.807) is 0 Å². The average Bonchev–Trinajstić information content (AvgIpc) is 2.37. The normalized spacial score (nSPS) is 15.9. The van der Waals surface area contributed by atoms with E-state index >= 15 is 0 Å². The van der Waals surface area contributed by atoms with Gasteiger partial charge in [0, 0.05) is 37.3 Å². The van der Waals surface area contributed by atoms with Crippen molar-refractivity contribution in [3.05, 3.63) is 42.1 Å². The molecular formula is C16H21N3. The molecule has 0 unspecified atom stereocenters. The highest BCUT2D eigenvalue weighted by Crippen LogP contribution is 2.27. The molecule has 0 aliphatic heterocycles. The first-order chi connectivity index (χ1) is 9.38. The minimum Gasteiger partial charge on any atom is -0.329 e. The topological polar surface area (TPSA) is 42.1 Å². The summed E-state index contributed by atoms with van der Waals surface area (Å²) in [4.78, 5) is 6.96. The molecule has 1 heterocycles. The standard InChI is InChI=1S/C16H21N3/c17-9-11-19(14-4-3-5-14)12-13-8-10-18-16-7-2-1-6-15(13)16/h1-2,6-8,10,14H,3-5,9,11-12,17H2. The number of nitrogens with two attached hydrogens (primary N) is 1. The van der Waals surface area contributed by atoms with Crippen molar-refractivity contribution in [1.29, 1.82) is 0 Å². The first-order valence-corrected chi connectivity index (χ1v) is 7.15. The van der Waals surface area contributed by atoms with Gasteiger partial charge in [-0.1, -0.05) is 24.6 Å². The second-order valence-electron chi connectivity index (χ2n) is 5.33. The summed E-state index contributed by atoms with van der Waals surface area (Å²) in [5.41, 5.74) is 8.21. The van der Waals surface area contributed by atoms with Crippen LogP contribution in [0.4, 0.5) is 0 Å². The zero-order valence-electron chi connectivity index (χ0n) is 11.3. The maximum absolute atomic E-state index is 5.76. The van der Waals surface area contributed by atoms with Gasteiger partial charge < -0.3 is 5.73 Å². The summed E-state index contributed by atoms with van der Waals surface area (Å²) >= 11 is 0. The smallest absolute Gasteiger partial charge is 0.0705 e. The van der Waals surface area contributed by atoms with Gasteiger partial charge in [0.15, 0.2) is 0 Å². The highest BCUT2D eigenvalue weighted by Gasteiger charge is 2.24. The molecule has 0 saturated heterocycles. The van der Waals surface area contributed by atoms with E-state index in [1.165, 1.54) is 30.2 Å². The Kier molecular flexibility index (Phi) is 3.76. The SMILES string of the molecule is NCCN(Cc1ccnc2ccccc12)C1CCC1. The third kappa shape index (κ3) is 2.62. The van der Waals surface area contributed by atoms with Gasteiger partial charge in [-0.3, -0.25) is 9.88 Å². The predicted octanol–water partition coefficient (Wildman–Crippen LogP) is 2.55. The average molecular weight is 255 g/mol. The Morgan fingerprint density at radius 3 is 2.79 bits per heavy atom. The Morgan fingerprint density at radius 1 is 1.21 bits per heavy atom. The van der Waals surface area contributed by atoms with Crippen LogP contribution in [-0.2, 0) is 6.54 Å². The third-order valence-corrected chi connectivity index (χ3v) is 4.12. The fourth-order valence-electron chi connectivity index (χ4n) is 2.82. The second kappa shape index (κ2) is 5.68. The monoisotopic (exact) mass is 255 g/mol. The Balaban J connectivity index is 1.86. The van der Waals surface area contributed by atoms with Crippen molar-refractivity contribution < 1.29 is 0 Å². The van der Waals surface area contributed by atoms with Crippen LogP contribution in [0.2, 0.25) is 0 Å². The van der Waals surface area contributed by atoms with Crippen LogP contribution >= 0.6 is 0 Å². The number of hydrogen-bond acceptors (Lipinski definition) is 3. The summed E-state index contributed by atoms with van der Waals surface area (Å²) in [6, 6.07) is 11.3. The maximum atomic E-state index is 5.76. The van der Waals surface area contributed by atoms with Crippen molar-refractivity contribution in [2.45, 2.75) is 31.8 Å². The van der Waals surface area contributed by atoms with Crippen molar-refractivity contribution in [3.8, 4) is 0 Å². The molecule has 1 saturated carbocycles. The van der Waals surface area contributed by atoms with E-state index in [-0.39, 0.29) is 0 Å². The Morgan fingerprint density at radius 2 is 2.05 bits per heavy atom. The van der Waals surface area contributed by atoms with Gasteiger partial charge in [0.2, 0.25) is 0 Å². The summed E-state index contributed by atoms with van der Waals surface area (Å²) in [5.74, 6) is 0. The zero-order chi connectivity index (χ0) is 13.1. The van der Waals surface area contributed by atoms with Gasteiger partial charge in [0.1, 0.15) is 0 Å². The van der Waals surface area contributed by atoms with Crippen LogP contribution in [0.15, 0.2) is 36.5 Å². The highest BCUT2D eigenvalue weighted by atomic mass is 15.2. The summed E-state index contributed by atoms with van der Waals surface area (Å²) in [5, 5.41) is 1.27. The number of benzene rings is 1. The Bertz CT molecular complexity index is 543. The fourth-order valence-corrected chi connectivity index (χ4v) is 2.82. The molecule has 1 aromatic heterocycles. The van der Waals surface area contributed by atoms with Crippen LogP contribution in [0.1, 0.15) is 24.8 Å². The molecule has 3 rings (SSSR count). The number of pyridine rings is 1. The van der Waals surface area contributed by atoms with Crippen LogP contribution in [-0.4, -0.2) is 29.0 Å². The van der Waals surface area contributed by atoms with E-state index in [1.807, 2.05) is 12.3 Å². The summed E-state index contributed by atoms with van der Waals surface area (Å²) < 4.78 is 0. The molecule has 1 aliphatic rings. The lowest BCUT2D eigenvalue weighted by atomic mass is 9.91. The molecule has 0 amide bonds. The van der Waals surface area contributed by atoms with Crippen molar-refractivity contribution in [3.63, 3.8) is 0 Å². The van der Waals surface area contributed by atoms with Gasteiger partial charge >= 0.3 is 0 Å². The number of aromatic nitrogens is 1. The molecule has 0 radical (unpaired) electrons. The molecule has 1 aliphatic carbocycles. The molecular weight excluding hydrogens is 234 g/mol. The minimum absolute atomic E-state index is 0.732. The number of fused-ring (bicyclic) bond motifs is 1. The molecule has 2 aromatic rings. The molecule has 19 heavy (non-hydrogen) atoms. The van der Waals surface area contributed by atoms with Crippen LogP contribution in [0.5, 0.6) is 0 Å². The Hall–Kier alpha value is -1.45. The van der Waals surface area contributed by atoms with E-state index < -0.39 is 0 Å². The molecule has 0 spiro atoms. The quantitative estimate of drug-likeness (QED) is 0.892. The second-order valence-corrected chi connectivity index (χ2v) is 5.33. The van der Waals surface area contributed by atoms with Gasteiger partial charge in [0.25, 0.3) is 0 Å². The van der Waals surface area contributed by atoms with E-state index in [2.05, 4.69) is 34.1 Å². The van der Waals surface area contributed by atoms with Gasteiger partial charge in [-0.25, -0.2) is 0 Å². The first kappa shape index (κ1) is 12.6. The van der Waals surface area contributed by atoms with Crippen molar-refractivity contribution in [2.24, 2.45) is 5.73 Å². The van der Waals surface area contributed by atoms with Crippen molar-refractivity contribution >= 4 is 10.9 Å². The van der Waals surface area contributed by atoms with E-state index in [9.17, 15) is 0 Å². The molecule has 1 aromatic carbocycles. The molecule has 1 fully saturated rings. The summed E-state index contributed by atoms with van der Waals surface area (Å²) in [7, 11) is 0. The lowest BCUT2D eigenvalue weighted by molar-refractivity contribution is 0.124. The zero-order valence-corrected chi connectivity index (χ0v) is 11.3. The van der Waals surface area contributed by atoms with E-state index in [0.29, 0.717) is 0 Å². The number of para-hydroxylation sites is 1. The minimum atomic E-state index is 0.732. The molecule has 3 heteroatoms. The molecule has 2 N–H and O–H groups in total. The van der Waals surface area contributed by atoms with Crippen LogP contribution in [0, 0.1) is 0 Å². The summed E-state index contributed by atoms with van der Waals surface area (Å²) in [6.45, 7) is 2.71. The van der Waals surface area contributed by atoms with Crippen molar-refractivity contribution in [2.75, 3.05) is 13.1 Å². The molecule has 0 atom stereocenters. The lowest BCUT2D eigenvalue weighted by Crippen LogP contribution is -2.42.